The molecule has 1 saturated carbocycles. The van der Waals surface area contributed by atoms with Crippen molar-refractivity contribution in [3.05, 3.63) is 0 Å². The van der Waals surface area contributed by atoms with Crippen LogP contribution >= 0.6 is 0 Å². The molecule has 5 heteroatoms. The van der Waals surface area contributed by atoms with Crippen molar-refractivity contribution in [3.63, 3.8) is 0 Å². The molecule has 2 N–H and O–H groups in total. The molecule has 0 radical (unpaired) electrons. The van der Waals surface area contributed by atoms with Gasteiger partial charge in [-0.25, -0.2) is 0 Å². The molecule has 3 aliphatic rings. The summed E-state index contributed by atoms with van der Waals surface area (Å²) in [5, 5.41) is 7.27. The summed E-state index contributed by atoms with van der Waals surface area (Å²) in [6.07, 6.45) is 13.8. The first-order valence-electron chi connectivity index (χ1n) is 12.2. The van der Waals surface area contributed by atoms with E-state index in [1.165, 1.54) is 103 Å². The number of nitrogens with one attached hydrogen (secondary N) is 2. The minimum absolute atomic E-state index is 0.585. The van der Waals surface area contributed by atoms with E-state index in [2.05, 4.69) is 32.3 Å². The molecule has 2 heterocycles. The van der Waals surface area contributed by atoms with Gasteiger partial charge in [0.25, 0.3) is 0 Å². The number of likely N-dealkylation sites (tertiary alicyclic amines) is 2. The van der Waals surface area contributed by atoms with E-state index in [0.29, 0.717) is 6.04 Å². The van der Waals surface area contributed by atoms with Gasteiger partial charge >= 0.3 is 0 Å². The van der Waals surface area contributed by atoms with Crippen LogP contribution in [0.25, 0.3) is 0 Å². The third-order valence-corrected chi connectivity index (χ3v) is 7.39. The van der Waals surface area contributed by atoms with Gasteiger partial charge in [-0.15, -0.1) is 0 Å². The zero-order chi connectivity index (χ0) is 19.6. The summed E-state index contributed by atoms with van der Waals surface area (Å²) >= 11 is 0. The van der Waals surface area contributed by atoms with Crippen LogP contribution in [0.15, 0.2) is 4.99 Å². The first kappa shape index (κ1) is 21.9. The second kappa shape index (κ2) is 12.0. The summed E-state index contributed by atoms with van der Waals surface area (Å²) in [4.78, 5) is 9.77. The van der Waals surface area contributed by atoms with Gasteiger partial charge in [0, 0.05) is 39.3 Å². The van der Waals surface area contributed by atoms with Crippen molar-refractivity contribution in [2.24, 2.45) is 16.8 Å². The minimum atomic E-state index is 0.585. The molecule has 0 spiro atoms. The number of piperidine rings is 2. The molecule has 0 bridgehead atoms. The topological polar surface area (TPSA) is 42.9 Å². The maximum absolute atomic E-state index is 4.48. The number of aliphatic imine (C=N–C) groups is 1. The molecule has 0 atom stereocenters. The van der Waals surface area contributed by atoms with Crippen LogP contribution in [0.1, 0.15) is 71.1 Å². The van der Waals surface area contributed by atoms with Crippen LogP contribution in [0.2, 0.25) is 0 Å². The second-order valence-electron chi connectivity index (χ2n) is 9.39. The minimum Gasteiger partial charge on any atom is -0.356 e. The molecule has 3 fully saturated rings. The molecule has 162 valence electrons. The molecule has 2 saturated heterocycles. The average Bonchev–Trinajstić information content (AvgIpc) is 2.75. The quantitative estimate of drug-likeness (QED) is 0.516. The van der Waals surface area contributed by atoms with E-state index < -0.39 is 0 Å². The SMILES string of the molecule is CCN1CCC(CCNC(=NC)NC2CCN(CC3CCCCC3)CC2)CC1. The molecule has 0 unspecified atom stereocenters. The predicted molar refractivity (Wildman–Crippen MR) is 120 cm³/mol. The van der Waals surface area contributed by atoms with Crippen molar-refractivity contribution in [1.82, 2.24) is 20.4 Å². The number of hydrogen-bond acceptors (Lipinski definition) is 3. The van der Waals surface area contributed by atoms with E-state index in [4.69, 9.17) is 0 Å². The molecule has 0 aromatic carbocycles. The summed E-state index contributed by atoms with van der Waals surface area (Å²) < 4.78 is 0. The van der Waals surface area contributed by atoms with Gasteiger partial charge in [0.05, 0.1) is 0 Å². The Hall–Kier alpha value is -0.810. The van der Waals surface area contributed by atoms with Crippen LogP contribution in [0.5, 0.6) is 0 Å². The molecule has 2 aliphatic heterocycles. The smallest absolute Gasteiger partial charge is 0.191 e. The van der Waals surface area contributed by atoms with Crippen LogP contribution in [-0.4, -0.2) is 74.7 Å². The molecule has 5 nitrogen and oxygen atoms in total. The highest BCUT2D eigenvalue weighted by Gasteiger charge is 2.23. The lowest BCUT2D eigenvalue weighted by atomic mass is 9.88. The lowest BCUT2D eigenvalue weighted by Gasteiger charge is -2.36. The lowest BCUT2D eigenvalue weighted by Crippen LogP contribution is -2.49. The Morgan fingerprint density at radius 1 is 0.857 bits per heavy atom. The summed E-state index contributed by atoms with van der Waals surface area (Å²) in [5.74, 6) is 2.87. The molecule has 0 aromatic heterocycles. The Labute approximate surface area is 173 Å². The molecule has 0 amide bonds. The molecule has 3 rings (SSSR count). The van der Waals surface area contributed by atoms with Crippen LogP contribution in [-0.2, 0) is 0 Å². The molecular formula is C23H45N5. The van der Waals surface area contributed by atoms with Crippen LogP contribution in [0.4, 0.5) is 0 Å². The second-order valence-corrected chi connectivity index (χ2v) is 9.39. The van der Waals surface area contributed by atoms with Crippen molar-refractivity contribution in [3.8, 4) is 0 Å². The van der Waals surface area contributed by atoms with Crippen LogP contribution in [0, 0.1) is 11.8 Å². The van der Waals surface area contributed by atoms with Gasteiger partial charge in [0.15, 0.2) is 5.96 Å². The largest absolute Gasteiger partial charge is 0.356 e. The Morgan fingerprint density at radius 2 is 1.54 bits per heavy atom. The van der Waals surface area contributed by atoms with Gasteiger partial charge in [0.1, 0.15) is 0 Å². The summed E-state index contributed by atoms with van der Waals surface area (Å²) in [6.45, 7) is 11.0. The van der Waals surface area contributed by atoms with Gasteiger partial charge in [-0.3, -0.25) is 4.99 Å². The zero-order valence-electron chi connectivity index (χ0n) is 18.6. The number of rotatable bonds is 7. The normalized spacial score (nSPS) is 25.1. The van der Waals surface area contributed by atoms with Crippen LogP contribution in [0.3, 0.4) is 0 Å². The van der Waals surface area contributed by atoms with E-state index in [0.717, 1.165) is 24.3 Å². The van der Waals surface area contributed by atoms with Crippen molar-refractivity contribution in [2.45, 2.75) is 77.2 Å². The third kappa shape index (κ3) is 7.22. The number of guanidine groups is 1. The van der Waals surface area contributed by atoms with Crippen molar-refractivity contribution < 1.29 is 0 Å². The van der Waals surface area contributed by atoms with Crippen molar-refractivity contribution in [1.29, 1.82) is 0 Å². The fraction of sp³-hybridized carbons (Fsp3) is 0.957. The summed E-state index contributed by atoms with van der Waals surface area (Å²) in [5.41, 5.74) is 0. The fourth-order valence-electron chi connectivity index (χ4n) is 5.37. The zero-order valence-corrected chi connectivity index (χ0v) is 18.6. The van der Waals surface area contributed by atoms with Crippen molar-refractivity contribution >= 4 is 5.96 Å². The van der Waals surface area contributed by atoms with Gasteiger partial charge < -0.3 is 20.4 Å². The molecular weight excluding hydrogens is 346 g/mol. The number of nitrogens with zero attached hydrogens (tertiary/aromatic N) is 3. The highest BCUT2D eigenvalue weighted by molar-refractivity contribution is 5.79. The molecule has 28 heavy (non-hydrogen) atoms. The molecule has 0 aromatic rings. The average molecular weight is 392 g/mol. The predicted octanol–water partition coefficient (Wildman–Crippen LogP) is 3.32. The first-order chi connectivity index (χ1) is 13.8. The highest BCUT2D eigenvalue weighted by atomic mass is 15.2. The first-order valence-corrected chi connectivity index (χ1v) is 12.2. The monoisotopic (exact) mass is 391 g/mol. The maximum Gasteiger partial charge on any atom is 0.191 e. The standard InChI is InChI=1S/C23H45N5/c1-3-27-15-10-20(11-16-27)9-14-25-23(24-2)26-22-12-17-28(18-13-22)19-21-7-5-4-6-8-21/h20-22H,3-19H2,1-2H3,(H2,24,25,26). The van der Waals surface area contributed by atoms with E-state index in [9.17, 15) is 0 Å². The van der Waals surface area contributed by atoms with Crippen LogP contribution < -0.4 is 10.6 Å². The summed E-state index contributed by atoms with van der Waals surface area (Å²) in [6, 6.07) is 0.585. The molecule has 1 aliphatic carbocycles. The third-order valence-electron chi connectivity index (χ3n) is 7.39. The van der Waals surface area contributed by atoms with Gasteiger partial charge in [-0.1, -0.05) is 26.2 Å². The van der Waals surface area contributed by atoms with E-state index >= 15 is 0 Å². The lowest BCUT2D eigenvalue weighted by molar-refractivity contribution is 0.160. The summed E-state index contributed by atoms with van der Waals surface area (Å²) in [7, 11) is 1.91. The maximum atomic E-state index is 4.48. The highest BCUT2D eigenvalue weighted by Crippen LogP contribution is 2.25. The van der Waals surface area contributed by atoms with Gasteiger partial charge in [-0.05, 0) is 76.4 Å². The van der Waals surface area contributed by atoms with E-state index in [1.54, 1.807) is 0 Å². The van der Waals surface area contributed by atoms with E-state index in [-0.39, 0.29) is 0 Å². The van der Waals surface area contributed by atoms with Gasteiger partial charge in [0.2, 0.25) is 0 Å². The number of hydrogen-bond donors (Lipinski definition) is 2. The fourth-order valence-corrected chi connectivity index (χ4v) is 5.37. The van der Waals surface area contributed by atoms with Crippen molar-refractivity contribution in [2.75, 3.05) is 52.9 Å². The Bertz CT molecular complexity index is 444. The Morgan fingerprint density at radius 3 is 2.18 bits per heavy atom. The van der Waals surface area contributed by atoms with Gasteiger partial charge in [-0.2, -0.15) is 0 Å². The van der Waals surface area contributed by atoms with E-state index in [1.807, 2.05) is 7.05 Å². The Kier molecular flexibility index (Phi) is 9.39. The Balaban J connectivity index is 1.28.